The highest BCUT2D eigenvalue weighted by Crippen LogP contribution is 2.23. The van der Waals surface area contributed by atoms with Crippen LogP contribution in [-0.4, -0.2) is 73.2 Å². The van der Waals surface area contributed by atoms with Crippen molar-refractivity contribution in [3.05, 3.63) is 64.4 Å². The van der Waals surface area contributed by atoms with Crippen LogP contribution in [0.5, 0.6) is 0 Å². The predicted octanol–water partition coefficient (Wildman–Crippen LogP) is 2.95. The Morgan fingerprint density at radius 2 is 1.93 bits per heavy atom. The van der Waals surface area contributed by atoms with E-state index in [1.807, 2.05) is 41.4 Å². The predicted molar refractivity (Wildman–Crippen MR) is 116 cm³/mol. The molecule has 7 heteroatoms. The van der Waals surface area contributed by atoms with Crippen molar-refractivity contribution in [3.8, 4) is 0 Å². The van der Waals surface area contributed by atoms with Crippen LogP contribution in [0.2, 0.25) is 5.02 Å². The van der Waals surface area contributed by atoms with E-state index < -0.39 is 0 Å². The summed E-state index contributed by atoms with van der Waals surface area (Å²) in [5.41, 5.74) is 3.15. The van der Waals surface area contributed by atoms with Crippen LogP contribution in [-0.2, 0) is 20.7 Å². The molecule has 2 aliphatic heterocycles. The normalized spacial score (nSPS) is 20.3. The van der Waals surface area contributed by atoms with Crippen molar-refractivity contribution in [2.75, 3.05) is 52.5 Å². The molecule has 0 unspecified atom stereocenters. The second kappa shape index (κ2) is 10.4. The van der Waals surface area contributed by atoms with Gasteiger partial charge in [0.25, 0.3) is 0 Å². The number of hydrogen-bond acceptors (Lipinski definition) is 5. The number of amides is 1. The van der Waals surface area contributed by atoms with Gasteiger partial charge >= 0.3 is 0 Å². The van der Waals surface area contributed by atoms with Gasteiger partial charge in [-0.2, -0.15) is 0 Å². The van der Waals surface area contributed by atoms with Crippen molar-refractivity contribution in [2.45, 2.75) is 18.9 Å². The molecule has 0 bridgehead atoms. The Hall–Kier alpha value is -1.99. The molecule has 0 saturated carbocycles. The molecule has 2 aromatic rings. The van der Waals surface area contributed by atoms with Crippen molar-refractivity contribution in [2.24, 2.45) is 0 Å². The third kappa shape index (κ3) is 5.58. The van der Waals surface area contributed by atoms with Gasteiger partial charge in [-0.25, -0.2) is 0 Å². The van der Waals surface area contributed by atoms with Gasteiger partial charge in [0.1, 0.15) is 6.10 Å². The SMILES string of the molecule is O=C(CCN1CCO[C@@H](c2ccc(Cc3ccccc3Cl)cn2)C1)N1CCOCC1. The fourth-order valence-corrected chi connectivity index (χ4v) is 4.10. The van der Waals surface area contributed by atoms with E-state index >= 15 is 0 Å². The van der Waals surface area contributed by atoms with Gasteiger partial charge in [0.15, 0.2) is 0 Å². The zero-order chi connectivity index (χ0) is 20.8. The van der Waals surface area contributed by atoms with Crippen molar-refractivity contribution >= 4 is 17.5 Å². The van der Waals surface area contributed by atoms with Crippen molar-refractivity contribution in [1.82, 2.24) is 14.8 Å². The standard InChI is InChI=1S/C23H28ClN3O3/c24-20-4-2-1-3-19(20)15-18-5-6-21(25-16-18)22-17-26(9-14-30-22)8-7-23(28)27-10-12-29-13-11-27/h1-6,16,22H,7-15,17H2/t22-/m1/s1. The fraction of sp³-hybridized carbons (Fsp3) is 0.478. The molecule has 160 valence electrons. The maximum Gasteiger partial charge on any atom is 0.224 e. The molecule has 30 heavy (non-hydrogen) atoms. The molecular weight excluding hydrogens is 402 g/mol. The van der Waals surface area contributed by atoms with E-state index in [4.69, 9.17) is 21.1 Å². The lowest BCUT2D eigenvalue weighted by Gasteiger charge is -2.33. The minimum Gasteiger partial charge on any atom is -0.378 e. The van der Waals surface area contributed by atoms with Crippen molar-refractivity contribution < 1.29 is 14.3 Å². The van der Waals surface area contributed by atoms with E-state index in [0.29, 0.717) is 39.3 Å². The lowest BCUT2D eigenvalue weighted by molar-refractivity contribution is -0.136. The van der Waals surface area contributed by atoms with E-state index in [9.17, 15) is 4.79 Å². The summed E-state index contributed by atoms with van der Waals surface area (Å²) in [6.07, 6.45) is 3.14. The van der Waals surface area contributed by atoms with Gasteiger partial charge in [-0.1, -0.05) is 35.9 Å². The number of halogens is 1. The van der Waals surface area contributed by atoms with Crippen molar-refractivity contribution in [3.63, 3.8) is 0 Å². The molecule has 2 saturated heterocycles. The van der Waals surface area contributed by atoms with Crippen LogP contribution in [0.3, 0.4) is 0 Å². The van der Waals surface area contributed by atoms with Gasteiger partial charge in [0, 0.05) is 56.8 Å². The maximum absolute atomic E-state index is 12.4. The Kier molecular flexibility index (Phi) is 7.33. The monoisotopic (exact) mass is 429 g/mol. The van der Waals surface area contributed by atoms with E-state index in [2.05, 4.69) is 16.0 Å². The summed E-state index contributed by atoms with van der Waals surface area (Å²) >= 11 is 6.27. The first-order valence-corrected chi connectivity index (χ1v) is 10.9. The summed E-state index contributed by atoms with van der Waals surface area (Å²) in [6.45, 7) is 5.70. The average molecular weight is 430 g/mol. The fourth-order valence-electron chi connectivity index (χ4n) is 3.90. The number of pyridine rings is 1. The summed E-state index contributed by atoms with van der Waals surface area (Å²) in [4.78, 5) is 21.2. The van der Waals surface area contributed by atoms with Gasteiger partial charge in [-0.3, -0.25) is 14.7 Å². The molecule has 0 N–H and O–H groups in total. The quantitative estimate of drug-likeness (QED) is 0.706. The smallest absolute Gasteiger partial charge is 0.224 e. The Morgan fingerprint density at radius 3 is 2.70 bits per heavy atom. The first-order chi connectivity index (χ1) is 14.7. The number of benzene rings is 1. The minimum atomic E-state index is -0.0633. The Balaban J connectivity index is 1.29. The third-order valence-electron chi connectivity index (χ3n) is 5.69. The molecule has 1 aromatic carbocycles. The molecule has 1 aromatic heterocycles. The summed E-state index contributed by atoms with van der Waals surface area (Å²) in [7, 11) is 0. The molecule has 0 spiro atoms. The van der Waals surface area contributed by atoms with Crippen molar-refractivity contribution in [1.29, 1.82) is 0 Å². The van der Waals surface area contributed by atoms with E-state index in [0.717, 1.165) is 47.9 Å². The number of hydrogen-bond donors (Lipinski definition) is 0. The second-order valence-electron chi connectivity index (χ2n) is 7.76. The first-order valence-electron chi connectivity index (χ1n) is 10.6. The van der Waals surface area contributed by atoms with Gasteiger partial charge in [0.05, 0.1) is 25.5 Å². The van der Waals surface area contributed by atoms with Crippen LogP contribution in [0.25, 0.3) is 0 Å². The number of rotatable bonds is 6. The molecule has 2 fully saturated rings. The number of carbonyl (C=O) groups is 1. The number of ether oxygens (including phenoxy) is 2. The Morgan fingerprint density at radius 1 is 1.10 bits per heavy atom. The molecule has 4 rings (SSSR count). The summed E-state index contributed by atoms with van der Waals surface area (Å²) < 4.78 is 11.3. The maximum atomic E-state index is 12.4. The van der Waals surface area contributed by atoms with Crippen LogP contribution in [0, 0.1) is 0 Å². The molecular formula is C23H28ClN3O3. The Bertz CT molecular complexity index is 840. The molecule has 1 atom stereocenters. The van der Waals surface area contributed by atoms with Crippen LogP contribution >= 0.6 is 11.6 Å². The lowest BCUT2D eigenvalue weighted by atomic mass is 10.1. The van der Waals surface area contributed by atoms with Gasteiger partial charge in [-0.15, -0.1) is 0 Å². The van der Waals surface area contributed by atoms with Crippen LogP contribution < -0.4 is 0 Å². The topological polar surface area (TPSA) is 54.9 Å². The average Bonchev–Trinajstić information content (AvgIpc) is 2.80. The number of morpholine rings is 2. The molecule has 6 nitrogen and oxygen atoms in total. The number of aromatic nitrogens is 1. The lowest BCUT2D eigenvalue weighted by Crippen LogP contribution is -2.44. The summed E-state index contributed by atoms with van der Waals surface area (Å²) in [5, 5.41) is 0.777. The zero-order valence-electron chi connectivity index (χ0n) is 17.1. The number of carbonyl (C=O) groups excluding carboxylic acids is 1. The first kappa shape index (κ1) is 21.2. The largest absolute Gasteiger partial charge is 0.378 e. The number of nitrogens with zero attached hydrogens (tertiary/aromatic N) is 3. The van der Waals surface area contributed by atoms with Crippen LogP contribution in [0.15, 0.2) is 42.6 Å². The van der Waals surface area contributed by atoms with Gasteiger partial charge in [-0.05, 0) is 23.3 Å². The molecule has 2 aliphatic rings. The summed E-state index contributed by atoms with van der Waals surface area (Å²) in [5.74, 6) is 0.211. The molecule has 3 heterocycles. The highest BCUT2D eigenvalue weighted by atomic mass is 35.5. The van der Waals surface area contributed by atoms with Crippen LogP contribution in [0.4, 0.5) is 0 Å². The van der Waals surface area contributed by atoms with E-state index in [1.165, 1.54) is 0 Å². The van der Waals surface area contributed by atoms with Crippen LogP contribution in [0.1, 0.15) is 29.3 Å². The summed E-state index contributed by atoms with van der Waals surface area (Å²) in [6, 6.07) is 12.0. The molecule has 1 amide bonds. The third-order valence-corrected chi connectivity index (χ3v) is 6.05. The molecule has 0 radical (unpaired) electrons. The Labute approximate surface area is 182 Å². The van der Waals surface area contributed by atoms with E-state index in [-0.39, 0.29) is 12.0 Å². The second-order valence-corrected chi connectivity index (χ2v) is 8.17. The van der Waals surface area contributed by atoms with E-state index in [1.54, 1.807) is 0 Å². The zero-order valence-corrected chi connectivity index (χ0v) is 17.9. The highest BCUT2D eigenvalue weighted by molar-refractivity contribution is 6.31. The molecule has 0 aliphatic carbocycles. The minimum absolute atomic E-state index is 0.0633. The highest BCUT2D eigenvalue weighted by Gasteiger charge is 2.24. The van der Waals surface area contributed by atoms with Gasteiger partial charge < -0.3 is 14.4 Å². The van der Waals surface area contributed by atoms with Gasteiger partial charge in [0.2, 0.25) is 5.91 Å².